The third kappa shape index (κ3) is 4.68. The number of hydrogen-bond donors (Lipinski definition) is 2. The number of aryl methyl sites for hydroxylation is 1. The number of aromatic nitrogens is 3. The van der Waals surface area contributed by atoms with Crippen LogP contribution in [0.4, 0.5) is 0 Å². The van der Waals surface area contributed by atoms with Crippen molar-refractivity contribution in [3.8, 4) is 0 Å². The van der Waals surface area contributed by atoms with E-state index in [0.717, 1.165) is 30.8 Å². The average molecular weight is 357 g/mol. The van der Waals surface area contributed by atoms with Gasteiger partial charge in [-0.25, -0.2) is 0 Å². The van der Waals surface area contributed by atoms with Gasteiger partial charge in [0.2, 0.25) is 0 Å². The van der Waals surface area contributed by atoms with Crippen LogP contribution in [0, 0.1) is 12.8 Å². The number of piperidine rings is 1. The zero-order valence-electron chi connectivity index (χ0n) is 15.3. The normalized spacial score (nSPS) is 17.2. The maximum Gasteiger partial charge on any atom is 0.276 e. The highest BCUT2D eigenvalue weighted by molar-refractivity contribution is 5.91. The Morgan fingerprint density at radius 3 is 3.00 bits per heavy atom. The van der Waals surface area contributed by atoms with E-state index in [1.807, 2.05) is 31.2 Å². The number of nitrogens with one attached hydrogen (secondary N) is 1. The Bertz CT molecular complexity index is 724. The number of amides is 1. The predicted molar refractivity (Wildman–Crippen MR) is 98.6 cm³/mol. The summed E-state index contributed by atoms with van der Waals surface area (Å²) < 4.78 is 1.76. The predicted octanol–water partition coefficient (Wildman–Crippen LogP) is 1.22. The number of carbonyl (C=O) groups is 1. The van der Waals surface area contributed by atoms with Crippen LogP contribution in [0.5, 0.6) is 0 Å². The molecule has 1 amide bonds. The van der Waals surface area contributed by atoms with Gasteiger partial charge in [0.25, 0.3) is 5.91 Å². The van der Waals surface area contributed by atoms with Crippen molar-refractivity contribution in [3.05, 3.63) is 47.3 Å². The summed E-state index contributed by atoms with van der Waals surface area (Å²) in [5.74, 6) is 0.323. The van der Waals surface area contributed by atoms with E-state index in [1.165, 1.54) is 12.8 Å². The van der Waals surface area contributed by atoms with Gasteiger partial charge in [-0.2, -0.15) is 0 Å². The van der Waals surface area contributed by atoms with E-state index in [4.69, 9.17) is 0 Å². The van der Waals surface area contributed by atoms with Gasteiger partial charge in [-0.05, 0) is 49.9 Å². The second kappa shape index (κ2) is 8.91. The molecule has 0 spiro atoms. The zero-order valence-corrected chi connectivity index (χ0v) is 15.3. The molecule has 1 saturated heterocycles. The minimum Gasteiger partial charge on any atom is -0.395 e. The van der Waals surface area contributed by atoms with Gasteiger partial charge in [-0.3, -0.25) is 9.48 Å². The zero-order chi connectivity index (χ0) is 18.4. The molecule has 7 heteroatoms. The quantitative estimate of drug-likeness (QED) is 0.778. The fourth-order valence-electron chi connectivity index (χ4n) is 3.36. The van der Waals surface area contributed by atoms with Gasteiger partial charge in [0.05, 0.1) is 12.8 Å². The number of carbonyl (C=O) groups excluding carboxylic acids is 1. The van der Waals surface area contributed by atoms with Crippen LogP contribution in [-0.4, -0.2) is 57.1 Å². The molecular weight excluding hydrogens is 330 g/mol. The lowest BCUT2D eigenvalue weighted by atomic mass is 10.00. The molecule has 0 radical (unpaired) electrons. The summed E-state index contributed by atoms with van der Waals surface area (Å²) in [5, 5.41) is 20.9. The molecule has 3 rings (SSSR count). The molecule has 0 bridgehead atoms. The lowest BCUT2D eigenvalue weighted by molar-refractivity contribution is 0.0701. The topological polar surface area (TPSA) is 83.3 Å². The summed E-state index contributed by atoms with van der Waals surface area (Å²) in [6.07, 6.45) is 4.06. The SMILES string of the molecule is Cc1ccccc1CN(CCO)C(=O)c1cn(C[C@@H]2CCCNC2)nn1. The van der Waals surface area contributed by atoms with Crippen LogP contribution in [0.25, 0.3) is 0 Å². The van der Waals surface area contributed by atoms with Crippen molar-refractivity contribution in [2.24, 2.45) is 5.92 Å². The Morgan fingerprint density at radius 1 is 1.42 bits per heavy atom. The van der Waals surface area contributed by atoms with Crippen molar-refractivity contribution >= 4 is 5.91 Å². The Morgan fingerprint density at radius 2 is 2.27 bits per heavy atom. The third-order valence-electron chi connectivity index (χ3n) is 4.88. The first kappa shape index (κ1) is 18.5. The first-order chi connectivity index (χ1) is 12.7. The molecule has 2 aromatic rings. The molecule has 0 saturated carbocycles. The Labute approximate surface area is 154 Å². The van der Waals surface area contributed by atoms with Crippen molar-refractivity contribution in [1.82, 2.24) is 25.2 Å². The van der Waals surface area contributed by atoms with Gasteiger partial charge in [0.15, 0.2) is 5.69 Å². The number of hydrogen-bond acceptors (Lipinski definition) is 5. The van der Waals surface area contributed by atoms with Crippen LogP contribution in [0.1, 0.15) is 34.5 Å². The monoisotopic (exact) mass is 357 g/mol. The Hall–Kier alpha value is -2.25. The molecular formula is C19H27N5O2. The highest BCUT2D eigenvalue weighted by Crippen LogP contribution is 2.14. The van der Waals surface area contributed by atoms with Gasteiger partial charge >= 0.3 is 0 Å². The summed E-state index contributed by atoms with van der Waals surface area (Å²) in [5.41, 5.74) is 2.52. The highest BCUT2D eigenvalue weighted by Gasteiger charge is 2.21. The summed E-state index contributed by atoms with van der Waals surface area (Å²) in [7, 11) is 0. The van der Waals surface area contributed by atoms with Gasteiger partial charge in [-0.15, -0.1) is 5.10 Å². The number of rotatable bonds is 7. The Balaban J connectivity index is 1.68. The van der Waals surface area contributed by atoms with Crippen LogP contribution < -0.4 is 5.32 Å². The van der Waals surface area contributed by atoms with Gasteiger partial charge in [0, 0.05) is 19.6 Å². The van der Waals surface area contributed by atoms with Crippen LogP contribution in [0.2, 0.25) is 0 Å². The first-order valence-corrected chi connectivity index (χ1v) is 9.23. The van der Waals surface area contributed by atoms with E-state index >= 15 is 0 Å². The summed E-state index contributed by atoms with van der Waals surface area (Å²) in [6.45, 7) is 5.48. The van der Waals surface area contributed by atoms with Gasteiger partial charge < -0.3 is 15.3 Å². The van der Waals surface area contributed by atoms with E-state index in [0.29, 0.717) is 18.2 Å². The van der Waals surface area contributed by atoms with Crippen molar-refractivity contribution in [2.75, 3.05) is 26.2 Å². The van der Waals surface area contributed by atoms with Crippen LogP contribution in [-0.2, 0) is 13.1 Å². The molecule has 2 heterocycles. The highest BCUT2D eigenvalue weighted by atomic mass is 16.3. The van der Waals surface area contributed by atoms with Crippen molar-refractivity contribution in [2.45, 2.75) is 32.9 Å². The number of nitrogens with zero attached hydrogens (tertiary/aromatic N) is 4. The maximum absolute atomic E-state index is 12.8. The molecule has 0 unspecified atom stereocenters. The molecule has 0 aliphatic carbocycles. The lowest BCUT2D eigenvalue weighted by Gasteiger charge is -2.22. The Kier molecular flexibility index (Phi) is 6.35. The second-order valence-corrected chi connectivity index (χ2v) is 6.91. The molecule has 1 aliphatic rings. The van der Waals surface area contributed by atoms with E-state index in [2.05, 4.69) is 15.6 Å². The molecule has 1 atom stereocenters. The third-order valence-corrected chi connectivity index (χ3v) is 4.88. The van der Waals surface area contributed by atoms with Gasteiger partial charge in [-0.1, -0.05) is 29.5 Å². The van der Waals surface area contributed by atoms with Crippen LogP contribution in [0.15, 0.2) is 30.5 Å². The number of aliphatic hydroxyl groups is 1. The number of aliphatic hydroxyl groups excluding tert-OH is 1. The standard InChI is InChI=1S/C19H27N5O2/c1-15-5-2-3-7-17(15)13-23(9-10-25)19(26)18-14-24(22-21-18)12-16-6-4-8-20-11-16/h2-3,5,7,14,16,20,25H,4,6,8-13H2,1H3/t16-/m1/s1. The molecule has 1 aromatic carbocycles. The summed E-state index contributed by atoms with van der Waals surface area (Å²) >= 11 is 0. The fourth-order valence-corrected chi connectivity index (χ4v) is 3.36. The van der Waals surface area contributed by atoms with Crippen molar-refractivity contribution in [1.29, 1.82) is 0 Å². The van der Waals surface area contributed by atoms with E-state index in [9.17, 15) is 9.90 Å². The molecule has 1 aromatic heterocycles. The molecule has 1 fully saturated rings. The average Bonchev–Trinajstić information content (AvgIpc) is 3.12. The summed E-state index contributed by atoms with van der Waals surface area (Å²) in [4.78, 5) is 14.5. The fraction of sp³-hybridized carbons (Fsp3) is 0.526. The van der Waals surface area contributed by atoms with Crippen molar-refractivity contribution in [3.63, 3.8) is 0 Å². The molecule has 2 N–H and O–H groups in total. The smallest absolute Gasteiger partial charge is 0.276 e. The van der Waals surface area contributed by atoms with Crippen LogP contribution >= 0.6 is 0 Å². The van der Waals surface area contributed by atoms with Crippen molar-refractivity contribution < 1.29 is 9.90 Å². The van der Waals surface area contributed by atoms with E-state index in [-0.39, 0.29) is 19.1 Å². The minimum atomic E-state index is -0.199. The summed E-state index contributed by atoms with van der Waals surface area (Å²) in [6, 6.07) is 7.95. The van der Waals surface area contributed by atoms with Crippen LogP contribution in [0.3, 0.4) is 0 Å². The largest absolute Gasteiger partial charge is 0.395 e. The molecule has 7 nitrogen and oxygen atoms in total. The second-order valence-electron chi connectivity index (χ2n) is 6.91. The van der Waals surface area contributed by atoms with Gasteiger partial charge in [0.1, 0.15) is 0 Å². The van der Waals surface area contributed by atoms with E-state index in [1.54, 1.807) is 15.8 Å². The molecule has 140 valence electrons. The van der Waals surface area contributed by atoms with E-state index < -0.39 is 0 Å². The maximum atomic E-state index is 12.8. The molecule has 26 heavy (non-hydrogen) atoms. The number of benzene rings is 1. The first-order valence-electron chi connectivity index (χ1n) is 9.23. The lowest BCUT2D eigenvalue weighted by Crippen LogP contribution is -2.33. The molecule has 1 aliphatic heterocycles. The minimum absolute atomic E-state index is 0.0838.